The van der Waals surface area contributed by atoms with Crippen LogP contribution in [0.15, 0.2) is 72.8 Å². The van der Waals surface area contributed by atoms with Crippen LogP contribution in [0, 0.1) is 0 Å². The molecule has 2 aromatic carbocycles. The Kier molecular flexibility index (Phi) is 9.85. The van der Waals surface area contributed by atoms with Gasteiger partial charge in [0.25, 0.3) is 0 Å². The summed E-state index contributed by atoms with van der Waals surface area (Å²) in [6, 6.07) is 18.2. The molecule has 2 N–H and O–H groups in total. The van der Waals surface area contributed by atoms with Crippen LogP contribution in [-0.4, -0.2) is 61.0 Å². The number of hydrogen-bond donors (Lipinski definition) is 2. The topological polar surface area (TPSA) is 87.7 Å². The largest absolute Gasteiger partial charge is 0.378 e. The Morgan fingerprint density at radius 3 is 2.18 bits per heavy atom. The number of ether oxygens (including phenoxy) is 1. The fourth-order valence-corrected chi connectivity index (χ4v) is 3.78. The lowest BCUT2D eigenvalue weighted by molar-refractivity contribution is -0.123. The highest BCUT2D eigenvalue weighted by molar-refractivity contribution is 5.89. The minimum Gasteiger partial charge on any atom is -0.378 e. The summed E-state index contributed by atoms with van der Waals surface area (Å²) in [5, 5.41) is 5.94. The summed E-state index contributed by atoms with van der Waals surface area (Å²) in [6.45, 7) is 3.44. The molecule has 1 fully saturated rings. The number of carbonyl (C=O) groups excluding carboxylic acids is 3. The Bertz CT molecular complexity index is 956. The van der Waals surface area contributed by atoms with Gasteiger partial charge in [-0.05, 0) is 37.0 Å². The second kappa shape index (κ2) is 13.3. The minimum absolute atomic E-state index is 0.0829. The third-order valence-corrected chi connectivity index (χ3v) is 5.67. The van der Waals surface area contributed by atoms with E-state index in [0.717, 1.165) is 17.5 Å². The van der Waals surface area contributed by atoms with Crippen LogP contribution in [0.4, 0.5) is 4.79 Å². The van der Waals surface area contributed by atoms with Crippen LogP contribution in [0.5, 0.6) is 0 Å². The molecule has 2 unspecified atom stereocenters. The molecule has 3 amide bonds. The number of amides is 3. The van der Waals surface area contributed by atoms with E-state index in [1.54, 1.807) is 11.0 Å². The fourth-order valence-electron chi connectivity index (χ4n) is 3.78. The van der Waals surface area contributed by atoms with Gasteiger partial charge in [0.15, 0.2) is 5.78 Å². The van der Waals surface area contributed by atoms with Gasteiger partial charge in [-0.3, -0.25) is 9.59 Å². The molecule has 3 rings (SSSR count). The number of urea groups is 1. The van der Waals surface area contributed by atoms with E-state index in [1.165, 1.54) is 13.0 Å². The van der Waals surface area contributed by atoms with Crippen LogP contribution in [0.1, 0.15) is 24.5 Å². The van der Waals surface area contributed by atoms with Crippen LogP contribution >= 0.6 is 0 Å². The molecule has 2 aromatic rings. The average Bonchev–Trinajstić information content (AvgIpc) is 2.86. The van der Waals surface area contributed by atoms with Crippen molar-refractivity contribution in [1.82, 2.24) is 15.5 Å². The van der Waals surface area contributed by atoms with Crippen molar-refractivity contribution in [3.8, 4) is 0 Å². The van der Waals surface area contributed by atoms with Gasteiger partial charge in [0.1, 0.15) is 6.04 Å². The molecule has 1 aliphatic heterocycles. The van der Waals surface area contributed by atoms with E-state index in [0.29, 0.717) is 39.1 Å². The van der Waals surface area contributed by atoms with E-state index < -0.39 is 6.04 Å². The van der Waals surface area contributed by atoms with Crippen molar-refractivity contribution in [2.24, 2.45) is 0 Å². The van der Waals surface area contributed by atoms with Crippen molar-refractivity contribution < 1.29 is 19.1 Å². The minimum atomic E-state index is -0.748. The highest BCUT2D eigenvalue weighted by Crippen LogP contribution is 2.09. The lowest BCUT2D eigenvalue weighted by Gasteiger charge is -2.29. The van der Waals surface area contributed by atoms with Gasteiger partial charge in [-0.1, -0.05) is 66.7 Å². The standard InChI is InChI=1S/C27H33N3O4/c1-21(31)12-14-24(15-13-22-8-4-2-5-9-22)28-26(32)25(20-23-10-6-3-7-11-23)29-27(33)30-16-18-34-19-17-30/h2-12,14,24-25H,13,15-20H2,1H3,(H,28,32)(H,29,33)/b14-12+. The van der Waals surface area contributed by atoms with Crippen LogP contribution in [-0.2, 0) is 27.2 Å². The van der Waals surface area contributed by atoms with Gasteiger partial charge in [-0.25, -0.2) is 4.79 Å². The van der Waals surface area contributed by atoms with Crippen LogP contribution in [0.25, 0.3) is 0 Å². The van der Waals surface area contributed by atoms with Crippen molar-refractivity contribution in [2.45, 2.75) is 38.3 Å². The summed E-state index contributed by atoms with van der Waals surface area (Å²) in [5.41, 5.74) is 2.10. The van der Waals surface area contributed by atoms with Gasteiger partial charge in [0.05, 0.1) is 13.2 Å². The average molecular weight is 464 g/mol. The number of benzene rings is 2. The zero-order valence-corrected chi connectivity index (χ0v) is 19.6. The van der Waals surface area contributed by atoms with E-state index in [2.05, 4.69) is 10.6 Å². The van der Waals surface area contributed by atoms with Crippen molar-refractivity contribution >= 4 is 17.7 Å². The molecule has 1 heterocycles. The summed E-state index contributed by atoms with van der Waals surface area (Å²) in [4.78, 5) is 39.4. The van der Waals surface area contributed by atoms with E-state index >= 15 is 0 Å². The lowest BCUT2D eigenvalue weighted by atomic mass is 10.0. The Morgan fingerprint density at radius 2 is 1.56 bits per heavy atom. The van der Waals surface area contributed by atoms with Gasteiger partial charge in [0, 0.05) is 25.6 Å². The summed E-state index contributed by atoms with van der Waals surface area (Å²) in [7, 11) is 0. The lowest BCUT2D eigenvalue weighted by Crippen LogP contribution is -2.55. The first kappa shape index (κ1) is 25.2. The third-order valence-electron chi connectivity index (χ3n) is 5.67. The van der Waals surface area contributed by atoms with Gasteiger partial charge in [-0.15, -0.1) is 0 Å². The SMILES string of the molecule is CC(=O)/C=C/C(CCc1ccccc1)NC(=O)C(Cc1ccccc1)NC(=O)N1CCOCC1. The molecule has 180 valence electrons. The first-order valence-corrected chi connectivity index (χ1v) is 11.7. The number of aryl methyl sites for hydroxylation is 1. The predicted octanol–water partition coefficient (Wildman–Crippen LogP) is 2.90. The quantitative estimate of drug-likeness (QED) is 0.531. The van der Waals surface area contributed by atoms with Crippen LogP contribution in [0.3, 0.4) is 0 Å². The summed E-state index contributed by atoms with van der Waals surface area (Å²) in [6.07, 6.45) is 4.96. The first-order valence-electron chi connectivity index (χ1n) is 11.7. The second-order valence-corrected chi connectivity index (χ2v) is 8.40. The number of nitrogens with zero attached hydrogens (tertiary/aromatic N) is 1. The Morgan fingerprint density at radius 1 is 0.941 bits per heavy atom. The monoisotopic (exact) mass is 463 g/mol. The summed E-state index contributed by atoms with van der Waals surface area (Å²) in [5.74, 6) is -0.364. The van der Waals surface area contributed by atoms with Crippen LogP contribution in [0.2, 0.25) is 0 Å². The number of ketones is 1. The molecule has 1 saturated heterocycles. The molecule has 7 heteroatoms. The smallest absolute Gasteiger partial charge is 0.318 e. The van der Waals surface area contributed by atoms with E-state index in [4.69, 9.17) is 4.74 Å². The molecule has 1 aliphatic rings. The first-order chi connectivity index (χ1) is 16.5. The molecular weight excluding hydrogens is 430 g/mol. The number of allylic oxidation sites excluding steroid dienone is 1. The molecule has 0 spiro atoms. The third kappa shape index (κ3) is 8.48. The molecule has 0 saturated carbocycles. The summed E-state index contributed by atoms with van der Waals surface area (Å²) >= 11 is 0. The highest BCUT2D eigenvalue weighted by atomic mass is 16.5. The molecular formula is C27H33N3O4. The molecule has 0 bridgehead atoms. The number of carbonyl (C=O) groups is 3. The van der Waals surface area contributed by atoms with Crippen LogP contribution < -0.4 is 10.6 Å². The number of rotatable bonds is 10. The molecule has 2 atom stereocenters. The highest BCUT2D eigenvalue weighted by Gasteiger charge is 2.26. The van der Waals surface area contributed by atoms with E-state index in [-0.39, 0.29) is 23.8 Å². The fraction of sp³-hybridized carbons (Fsp3) is 0.370. The maximum atomic E-state index is 13.3. The normalized spacial score (nSPS) is 15.5. The van der Waals surface area contributed by atoms with Crippen molar-refractivity contribution in [3.05, 3.63) is 83.9 Å². The van der Waals surface area contributed by atoms with Crippen molar-refractivity contribution in [2.75, 3.05) is 26.3 Å². The van der Waals surface area contributed by atoms with Gasteiger partial charge in [-0.2, -0.15) is 0 Å². The molecule has 0 aliphatic carbocycles. The predicted molar refractivity (Wildman–Crippen MR) is 131 cm³/mol. The molecule has 34 heavy (non-hydrogen) atoms. The Hall–Kier alpha value is -3.45. The number of nitrogens with one attached hydrogen (secondary N) is 2. The Labute approximate surface area is 201 Å². The number of morpholine rings is 1. The van der Waals surface area contributed by atoms with Crippen molar-refractivity contribution in [1.29, 1.82) is 0 Å². The second-order valence-electron chi connectivity index (χ2n) is 8.40. The maximum absolute atomic E-state index is 13.3. The van der Waals surface area contributed by atoms with Gasteiger partial charge >= 0.3 is 6.03 Å². The molecule has 0 aromatic heterocycles. The summed E-state index contributed by atoms with van der Waals surface area (Å²) < 4.78 is 5.32. The molecule has 0 radical (unpaired) electrons. The van der Waals surface area contributed by atoms with Crippen molar-refractivity contribution in [3.63, 3.8) is 0 Å². The maximum Gasteiger partial charge on any atom is 0.318 e. The Balaban J connectivity index is 1.71. The zero-order chi connectivity index (χ0) is 24.2. The van der Waals surface area contributed by atoms with E-state index in [1.807, 2.05) is 60.7 Å². The zero-order valence-electron chi connectivity index (χ0n) is 19.6. The van der Waals surface area contributed by atoms with Gasteiger partial charge < -0.3 is 20.3 Å². The molecule has 7 nitrogen and oxygen atoms in total. The van der Waals surface area contributed by atoms with E-state index in [9.17, 15) is 14.4 Å². The number of hydrogen-bond acceptors (Lipinski definition) is 4. The van der Waals surface area contributed by atoms with Gasteiger partial charge in [0.2, 0.25) is 5.91 Å².